The number of alkyl halides is 3. The Bertz CT molecular complexity index is 481. The van der Waals surface area contributed by atoms with Gasteiger partial charge in [0.15, 0.2) is 0 Å². The van der Waals surface area contributed by atoms with Crippen molar-refractivity contribution < 1.29 is 13.2 Å². The van der Waals surface area contributed by atoms with Crippen molar-refractivity contribution in [3.8, 4) is 0 Å². The average molecular weight is 287 g/mol. The highest BCUT2D eigenvalue weighted by molar-refractivity contribution is 5.95. The molecular formula is C14H20F3N3. The van der Waals surface area contributed by atoms with Crippen molar-refractivity contribution in [1.82, 2.24) is 4.90 Å². The van der Waals surface area contributed by atoms with Gasteiger partial charge in [-0.3, -0.25) is 10.3 Å². The number of hydrogen-bond donors (Lipinski definition) is 2. The molecule has 112 valence electrons. The van der Waals surface area contributed by atoms with E-state index in [1.165, 1.54) is 4.90 Å². The lowest BCUT2D eigenvalue weighted by atomic mass is 10.0. The summed E-state index contributed by atoms with van der Waals surface area (Å²) < 4.78 is 37.7. The molecule has 1 aromatic rings. The van der Waals surface area contributed by atoms with E-state index >= 15 is 0 Å². The number of halogens is 3. The zero-order valence-corrected chi connectivity index (χ0v) is 11.9. The van der Waals surface area contributed by atoms with Gasteiger partial charge in [-0.15, -0.1) is 0 Å². The van der Waals surface area contributed by atoms with Gasteiger partial charge in [-0.25, -0.2) is 0 Å². The molecule has 0 unspecified atom stereocenters. The number of benzene rings is 1. The number of nitrogen functional groups attached to an aromatic ring is 1. The lowest BCUT2D eigenvalue weighted by Gasteiger charge is -2.28. The van der Waals surface area contributed by atoms with Gasteiger partial charge >= 0.3 is 6.18 Å². The van der Waals surface area contributed by atoms with Crippen LogP contribution in [0.5, 0.6) is 0 Å². The normalized spacial score (nSPS) is 12.2. The minimum Gasteiger partial charge on any atom is -0.384 e. The van der Waals surface area contributed by atoms with Crippen LogP contribution < -0.4 is 5.73 Å². The molecular weight excluding hydrogens is 267 g/mol. The molecule has 0 aromatic heterocycles. The number of nitrogens with one attached hydrogen (secondary N) is 1. The number of rotatable bonds is 5. The molecule has 0 radical (unpaired) electrons. The predicted octanol–water partition coefficient (Wildman–Crippen LogP) is 3.05. The second-order valence-electron chi connectivity index (χ2n) is 5.17. The minimum atomic E-state index is -4.21. The summed E-state index contributed by atoms with van der Waals surface area (Å²) >= 11 is 0. The highest BCUT2D eigenvalue weighted by Gasteiger charge is 2.31. The van der Waals surface area contributed by atoms with E-state index in [0.29, 0.717) is 5.56 Å². The largest absolute Gasteiger partial charge is 0.401 e. The third-order valence-corrected chi connectivity index (χ3v) is 3.14. The highest BCUT2D eigenvalue weighted by Crippen LogP contribution is 2.21. The van der Waals surface area contributed by atoms with Crippen LogP contribution in [0.1, 0.15) is 30.5 Å². The van der Waals surface area contributed by atoms with Crippen LogP contribution in [-0.4, -0.2) is 29.5 Å². The summed E-state index contributed by atoms with van der Waals surface area (Å²) in [4.78, 5) is 1.37. The maximum atomic E-state index is 12.6. The van der Waals surface area contributed by atoms with Crippen LogP contribution in [0.3, 0.4) is 0 Å². The number of nitrogens with zero attached hydrogens (tertiary/aromatic N) is 1. The first-order valence-corrected chi connectivity index (χ1v) is 6.35. The number of nitrogens with two attached hydrogens (primary N) is 1. The Balaban J connectivity index is 2.92. The standard InChI is InChI=1S/C14H20F3N3/c1-9(2)20(8-14(15,16)17)7-12-5-4-11(13(18)19)6-10(12)3/h4-6,9H,7-8H2,1-3H3,(H3,18,19). The topological polar surface area (TPSA) is 53.1 Å². The van der Waals surface area contributed by atoms with E-state index in [-0.39, 0.29) is 18.4 Å². The number of hydrogen-bond acceptors (Lipinski definition) is 2. The van der Waals surface area contributed by atoms with Gasteiger partial charge in [-0.1, -0.05) is 12.1 Å². The van der Waals surface area contributed by atoms with Gasteiger partial charge in [0.05, 0.1) is 6.54 Å². The van der Waals surface area contributed by atoms with E-state index in [1.807, 2.05) is 6.92 Å². The average Bonchev–Trinajstić information content (AvgIpc) is 2.28. The Morgan fingerprint density at radius 1 is 1.35 bits per heavy atom. The molecule has 0 fully saturated rings. The molecule has 0 amide bonds. The Hall–Kier alpha value is -1.56. The predicted molar refractivity (Wildman–Crippen MR) is 73.8 cm³/mol. The summed E-state index contributed by atoms with van der Waals surface area (Å²) in [5.41, 5.74) is 7.62. The zero-order valence-electron chi connectivity index (χ0n) is 11.9. The molecule has 0 saturated carbocycles. The lowest BCUT2D eigenvalue weighted by Crippen LogP contribution is -2.38. The number of amidine groups is 1. The fourth-order valence-electron chi connectivity index (χ4n) is 1.91. The van der Waals surface area contributed by atoms with Crippen LogP contribution >= 0.6 is 0 Å². The van der Waals surface area contributed by atoms with E-state index in [4.69, 9.17) is 11.1 Å². The first kappa shape index (κ1) is 16.5. The summed E-state index contributed by atoms with van der Waals surface area (Å²) in [6.45, 7) is 4.59. The Morgan fingerprint density at radius 3 is 2.35 bits per heavy atom. The van der Waals surface area contributed by atoms with Crippen molar-refractivity contribution >= 4 is 5.84 Å². The van der Waals surface area contributed by atoms with Gasteiger partial charge in [0, 0.05) is 18.2 Å². The van der Waals surface area contributed by atoms with E-state index in [9.17, 15) is 13.2 Å². The number of aryl methyl sites for hydroxylation is 1. The molecule has 1 aromatic carbocycles. The molecule has 0 heterocycles. The van der Waals surface area contributed by atoms with E-state index in [2.05, 4.69) is 0 Å². The fraction of sp³-hybridized carbons (Fsp3) is 0.500. The molecule has 3 nitrogen and oxygen atoms in total. The Labute approximate surface area is 117 Å². The van der Waals surface area contributed by atoms with Crippen molar-refractivity contribution in [1.29, 1.82) is 5.41 Å². The monoisotopic (exact) mass is 287 g/mol. The van der Waals surface area contributed by atoms with Gasteiger partial charge in [-0.2, -0.15) is 13.2 Å². The summed E-state index contributed by atoms with van der Waals surface area (Å²) in [5, 5.41) is 7.35. The van der Waals surface area contributed by atoms with Crippen molar-refractivity contribution in [3.05, 3.63) is 34.9 Å². The van der Waals surface area contributed by atoms with Gasteiger partial charge < -0.3 is 5.73 Å². The fourth-order valence-corrected chi connectivity index (χ4v) is 1.91. The van der Waals surface area contributed by atoms with Crippen LogP contribution in [0.15, 0.2) is 18.2 Å². The first-order chi connectivity index (χ1) is 9.10. The molecule has 3 N–H and O–H groups in total. The van der Waals surface area contributed by atoms with Crippen molar-refractivity contribution in [3.63, 3.8) is 0 Å². The third kappa shape index (κ3) is 4.85. The van der Waals surface area contributed by atoms with Gasteiger partial charge in [0.1, 0.15) is 5.84 Å². The zero-order chi connectivity index (χ0) is 15.5. The van der Waals surface area contributed by atoms with E-state index in [1.54, 1.807) is 32.0 Å². The smallest absolute Gasteiger partial charge is 0.384 e. The van der Waals surface area contributed by atoms with Crippen LogP contribution in [0, 0.1) is 12.3 Å². The summed E-state index contributed by atoms with van der Waals surface area (Å²) in [7, 11) is 0. The first-order valence-electron chi connectivity index (χ1n) is 6.35. The quantitative estimate of drug-likeness (QED) is 0.646. The van der Waals surface area contributed by atoms with Gasteiger partial charge in [-0.05, 0) is 38.0 Å². The van der Waals surface area contributed by atoms with Crippen LogP contribution in [0.2, 0.25) is 0 Å². The molecule has 0 aliphatic rings. The molecule has 1 rings (SSSR count). The molecule has 0 aliphatic heterocycles. The molecule has 20 heavy (non-hydrogen) atoms. The molecule has 0 aliphatic carbocycles. The summed E-state index contributed by atoms with van der Waals surface area (Å²) in [6, 6.07) is 4.92. The molecule has 0 saturated heterocycles. The highest BCUT2D eigenvalue weighted by atomic mass is 19.4. The maximum absolute atomic E-state index is 12.6. The minimum absolute atomic E-state index is 0.0457. The maximum Gasteiger partial charge on any atom is 0.401 e. The molecule has 0 spiro atoms. The molecule has 0 bridgehead atoms. The van der Waals surface area contributed by atoms with Crippen LogP contribution in [0.25, 0.3) is 0 Å². The van der Waals surface area contributed by atoms with Crippen molar-refractivity contribution in [2.45, 2.75) is 39.5 Å². The van der Waals surface area contributed by atoms with Crippen molar-refractivity contribution in [2.75, 3.05) is 6.54 Å². The summed E-state index contributed by atoms with van der Waals surface area (Å²) in [5.74, 6) is -0.0457. The second kappa shape index (κ2) is 6.26. The van der Waals surface area contributed by atoms with Crippen molar-refractivity contribution in [2.24, 2.45) is 5.73 Å². The SMILES string of the molecule is Cc1cc(C(=N)N)ccc1CN(CC(F)(F)F)C(C)C. The lowest BCUT2D eigenvalue weighted by molar-refractivity contribution is -0.150. The second-order valence-corrected chi connectivity index (χ2v) is 5.17. The molecule has 6 heteroatoms. The van der Waals surface area contributed by atoms with E-state index < -0.39 is 12.7 Å². The third-order valence-electron chi connectivity index (χ3n) is 3.14. The van der Waals surface area contributed by atoms with Crippen LogP contribution in [0.4, 0.5) is 13.2 Å². The summed E-state index contributed by atoms with van der Waals surface area (Å²) in [6.07, 6.45) is -4.21. The van der Waals surface area contributed by atoms with Gasteiger partial charge in [0.2, 0.25) is 0 Å². The Morgan fingerprint density at radius 2 is 1.95 bits per heavy atom. The Kier molecular flexibility index (Phi) is 5.16. The molecule has 0 atom stereocenters. The van der Waals surface area contributed by atoms with E-state index in [0.717, 1.165) is 11.1 Å². The van der Waals surface area contributed by atoms with Crippen LogP contribution in [-0.2, 0) is 6.54 Å². The van der Waals surface area contributed by atoms with Gasteiger partial charge in [0.25, 0.3) is 0 Å².